The van der Waals surface area contributed by atoms with Crippen molar-refractivity contribution in [2.45, 2.75) is 46.2 Å². The maximum absolute atomic E-state index is 13.3. The van der Waals surface area contributed by atoms with Gasteiger partial charge in [0.1, 0.15) is 18.4 Å². The van der Waals surface area contributed by atoms with Crippen molar-refractivity contribution in [3.05, 3.63) is 65.2 Å². The van der Waals surface area contributed by atoms with E-state index in [2.05, 4.69) is 6.07 Å². The Morgan fingerprint density at radius 2 is 1.77 bits per heavy atom. The molecule has 1 aliphatic rings. The Labute approximate surface area is 179 Å². The minimum absolute atomic E-state index is 0.0332. The molecular weight excluding hydrogens is 376 g/mol. The summed E-state index contributed by atoms with van der Waals surface area (Å²) in [5.41, 5.74) is 3.45. The predicted molar refractivity (Wildman–Crippen MR) is 118 cm³/mol. The van der Waals surface area contributed by atoms with Gasteiger partial charge < -0.3 is 14.5 Å². The molecule has 1 unspecified atom stereocenters. The van der Waals surface area contributed by atoms with Gasteiger partial charge >= 0.3 is 0 Å². The summed E-state index contributed by atoms with van der Waals surface area (Å²) in [5, 5.41) is 0. The molecule has 0 radical (unpaired) electrons. The molecule has 5 nitrogen and oxygen atoms in total. The molecule has 0 aliphatic carbocycles. The van der Waals surface area contributed by atoms with Crippen LogP contribution in [0.1, 0.15) is 37.0 Å². The number of nitrogens with zero attached hydrogens (tertiary/aromatic N) is 2. The molecule has 0 N–H and O–H groups in total. The van der Waals surface area contributed by atoms with Crippen LogP contribution in [0.4, 0.5) is 0 Å². The molecule has 3 rings (SSSR count). The third kappa shape index (κ3) is 5.41. The molecule has 30 heavy (non-hydrogen) atoms. The topological polar surface area (TPSA) is 49.9 Å². The van der Waals surface area contributed by atoms with Gasteiger partial charge in [0.25, 0.3) is 0 Å². The smallest absolute Gasteiger partial charge is 0.245 e. The minimum Gasteiger partial charge on any atom is -0.492 e. The van der Waals surface area contributed by atoms with E-state index in [1.54, 1.807) is 16.8 Å². The number of likely N-dealkylation sites (N-methyl/N-ethyl adjacent to an activating group) is 1. The van der Waals surface area contributed by atoms with Gasteiger partial charge in [0.15, 0.2) is 0 Å². The van der Waals surface area contributed by atoms with E-state index < -0.39 is 6.04 Å². The first-order valence-electron chi connectivity index (χ1n) is 10.7. The molecule has 0 bridgehead atoms. The number of benzene rings is 2. The zero-order valence-electron chi connectivity index (χ0n) is 18.4. The van der Waals surface area contributed by atoms with Crippen LogP contribution in [-0.2, 0) is 22.6 Å². The van der Waals surface area contributed by atoms with E-state index in [1.807, 2.05) is 63.2 Å². The van der Waals surface area contributed by atoms with Gasteiger partial charge in [-0.1, -0.05) is 55.8 Å². The minimum atomic E-state index is -0.462. The predicted octanol–water partition coefficient (Wildman–Crippen LogP) is 3.83. The van der Waals surface area contributed by atoms with Gasteiger partial charge in [-0.2, -0.15) is 0 Å². The first-order chi connectivity index (χ1) is 14.3. The van der Waals surface area contributed by atoms with E-state index in [4.69, 9.17) is 4.74 Å². The second-order valence-electron chi connectivity index (χ2n) is 8.53. The fourth-order valence-corrected chi connectivity index (χ4v) is 3.77. The van der Waals surface area contributed by atoms with Gasteiger partial charge in [-0.05, 0) is 36.1 Å². The van der Waals surface area contributed by atoms with E-state index in [0.29, 0.717) is 32.5 Å². The monoisotopic (exact) mass is 408 g/mol. The summed E-state index contributed by atoms with van der Waals surface area (Å²) < 4.78 is 5.78. The van der Waals surface area contributed by atoms with E-state index >= 15 is 0 Å². The van der Waals surface area contributed by atoms with E-state index in [-0.39, 0.29) is 17.7 Å². The number of carbonyl (C=O) groups excluding carboxylic acids is 2. The number of carbonyl (C=O) groups is 2. The maximum Gasteiger partial charge on any atom is 0.245 e. The third-order valence-corrected chi connectivity index (χ3v) is 5.53. The van der Waals surface area contributed by atoms with Crippen LogP contribution in [0.25, 0.3) is 0 Å². The fourth-order valence-electron chi connectivity index (χ4n) is 3.77. The van der Waals surface area contributed by atoms with Crippen molar-refractivity contribution < 1.29 is 14.3 Å². The Balaban J connectivity index is 1.67. The molecule has 160 valence electrons. The van der Waals surface area contributed by atoms with Crippen molar-refractivity contribution in [3.63, 3.8) is 0 Å². The summed E-state index contributed by atoms with van der Waals surface area (Å²) in [6.45, 7) is 7.46. The standard InChI is InChI=1S/C25H32N2O3/c1-18(2)15-24(28)27-17-21-8-6-5-7-20(21)16-23(27)25(29)26(4)13-14-30-22-11-9-19(3)10-12-22/h5-12,18,23H,13-17H2,1-4H3. The van der Waals surface area contributed by atoms with Crippen molar-refractivity contribution in [1.82, 2.24) is 9.80 Å². The highest BCUT2D eigenvalue weighted by molar-refractivity contribution is 5.88. The van der Waals surface area contributed by atoms with Crippen molar-refractivity contribution in [3.8, 4) is 5.75 Å². The number of ether oxygens (including phenoxy) is 1. The summed E-state index contributed by atoms with van der Waals surface area (Å²) in [6, 6.07) is 15.5. The fraction of sp³-hybridized carbons (Fsp3) is 0.440. The average Bonchev–Trinajstić information content (AvgIpc) is 2.73. The Morgan fingerprint density at radius 3 is 2.43 bits per heavy atom. The number of hydrogen-bond acceptors (Lipinski definition) is 3. The molecule has 1 heterocycles. The van der Waals surface area contributed by atoms with E-state index in [0.717, 1.165) is 16.9 Å². The zero-order valence-corrected chi connectivity index (χ0v) is 18.4. The molecule has 5 heteroatoms. The van der Waals surface area contributed by atoms with Crippen LogP contribution in [0.5, 0.6) is 5.75 Å². The molecule has 2 amide bonds. The SMILES string of the molecule is Cc1ccc(OCCN(C)C(=O)C2Cc3ccccc3CN2C(=O)CC(C)C)cc1. The van der Waals surface area contributed by atoms with Gasteiger partial charge in [0.2, 0.25) is 11.8 Å². The molecule has 1 atom stereocenters. The maximum atomic E-state index is 13.3. The van der Waals surface area contributed by atoms with Crippen LogP contribution >= 0.6 is 0 Å². The number of fused-ring (bicyclic) bond motifs is 1. The van der Waals surface area contributed by atoms with Gasteiger partial charge in [0, 0.05) is 26.4 Å². The molecule has 0 aromatic heterocycles. The summed E-state index contributed by atoms with van der Waals surface area (Å²) in [6.07, 6.45) is 1.01. The van der Waals surface area contributed by atoms with Crippen LogP contribution in [-0.4, -0.2) is 47.9 Å². The summed E-state index contributed by atoms with van der Waals surface area (Å²) >= 11 is 0. The van der Waals surface area contributed by atoms with Crippen LogP contribution < -0.4 is 4.74 Å². The van der Waals surface area contributed by atoms with Crippen molar-refractivity contribution >= 4 is 11.8 Å². The van der Waals surface area contributed by atoms with Crippen LogP contribution in [0.2, 0.25) is 0 Å². The highest BCUT2D eigenvalue weighted by Crippen LogP contribution is 2.26. The highest BCUT2D eigenvalue weighted by atomic mass is 16.5. The normalized spacial score (nSPS) is 15.6. The average molecular weight is 409 g/mol. The highest BCUT2D eigenvalue weighted by Gasteiger charge is 2.35. The lowest BCUT2D eigenvalue weighted by Gasteiger charge is -2.38. The van der Waals surface area contributed by atoms with Crippen molar-refractivity contribution in [1.29, 1.82) is 0 Å². The third-order valence-electron chi connectivity index (χ3n) is 5.53. The molecule has 0 saturated carbocycles. The first-order valence-corrected chi connectivity index (χ1v) is 10.7. The van der Waals surface area contributed by atoms with Crippen LogP contribution in [0, 0.1) is 12.8 Å². The molecule has 1 aliphatic heterocycles. The lowest BCUT2D eigenvalue weighted by molar-refractivity contribution is -0.147. The number of aryl methyl sites for hydroxylation is 1. The van der Waals surface area contributed by atoms with Crippen molar-refractivity contribution in [2.75, 3.05) is 20.2 Å². The molecule has 0 spiro atoms. The molecule has 0 fully saturated rings. The van der Waals surface area contributed by atoms with Gasteiger partial charge in [0.05, 0.1) is 6.54 Å². The zero-order chi connectivity index (χ0) is 21.7. The summed E-state index contributed by atoms with van der Waals surface area (Å²) in [5.74, 6) is 1.06. The molecule has 2 aromatic carbocycles. The second-order valence-corrected chi connectivity index (χ2v) is 8.53. The summed E-state index contributed by atoms with van der Waals surface area (Å²) in [4.78, 5) is 29.6. The van der Waals surface area contributed by atoms with E-state index in [1.165, 1.54) is 5.56 Å². The largest absolute Gasteiger partial charge is 0.492 e. The molecular formula is C25H32N2O3. The van der Waals surface area contributed by atoms with Crippen LogP contribution in [0.15, 0.2) is 48.5 Å². The number of rotatable bonds is 7. The quantitative estimate of drug-likeness (QED) is 0.700. The van der Waals surface area contributed by atoms with Gasteiger partial charge in [-0.25, -0.2) is 0 Å². The van der Waals surface area contributed by atoms with E-state index in [9.17, 15) is 9.59 Å². The van der Waals surface area contributed by atoms with Crippen LogP contribution in [0.3, 0.4) is 0 Å². The number of amides is 2. The molecule has 2 aromatic rings. The number of hydrogen-bond donors (Lipinski definition) is 0. The Hall–Kier alpha value is -2.82. The Morgan fingerprint density at radius 1 is 1.10 bits per heavy atom. The lowest BCUT2D eigenvalue weighted by atomic mass is 9.92. The van der Waals surface area contributed by atoms with Crippen molar-refractivity contribution in [2.24, 2.45) is 5.92 Å². The molecule has 0 saturated heterocycles. The first kappa shape index (κ1) is 21.9. The Bertz CT molecular complexity index is 876. The Kier molecular flexibility index (Phi) is 7.14. The van der Waals surface area contributed by atoms with Gasteiger partial charge in [-0.15, -0.1) is 0 Å². The van der Waals surface area contributed by atoms with Gasteiger partial charge in [-0.3, -0.25) is 9.59 Å². The lowest BCUT2D eigenvalue weighted by Crippen LogP contribution is -2.53. The summed E-state index contributed by atoms with van der Waals surface area (Å²) in [7, 11) is 1.78. The second kappa shape index (κ2) is 9.79.